The van der Waals surface area contributed by atoms with E-state index in [-0.39, 0.29) is 40.2 Å². The van der Waals surface area contributed by atoms with Gasteiger partial charge in [-0.05, 0) is 31.9 Å². The number of benzene rings is 1. The molecule has 1 aromatic rings. The summed E-state index contributed by atoms with van der Waals surface area (Å²) in [5, 5.41) is 3.12. The molecule has 2 rings (SSSR count). The molecule has 0 saturated carbocycles. The molecule has 1 aromatic carbocycles. The van der Waals surface area contributed by atoms with Crippen LogP contribution in [0.2, 0.25) is 10.0 Å². The van der Waals surface area contributed by atoms with Gasteiger partial charge in [-0.1, -0.05) is 23.2 Å². The molecule has 0 radical (unpaired) electrons. The van der Waals surface area contributed by atoms with Gasteiger partial charge in [0.1, 0.15) is 5.02 Å². The van der Waals surface area contributed by atoms with Crippen molar-refractivity contribution in [2.24, 2.45) is 0 Å². The number of carbonyl (C=O) groups excluding carboxylic acids is 2. The highest BCUT2D eigenvalue weighted by atomic mass is 35.5. The zero-order chi connectivity index (χ0) is 16.1. The molecule has 1 heterocycles. The van der Waals surface area contributed by atoms with Crippen molar-refractivity contribution < 1.29 is 19.1 Å². The summed E-state index contributed by atoms with van der Waals surface area (Å²) in [6.07, 6.45) is 2.01. The lowest BCUT2D eigenvalue weighted by Crippen LogP contribution is -2.35. The Balaban J connectivity index is 1.94. The lowest BCUT2D eigenvalue weighted by Gasteiger charge is -2.14. The number of hydrogen-bond donors (Lipinski definition) is 1. The summed E-state index contributed by atoms with van der Waals surface area (Å²) in [4.78, 5) is 23.4. The molecule has 0 unspecified atom stereocenters. The minimum atomic E-state index is -0.305. The van der Waals surface area contributed by atoms with Crippen molar-refractivity contribution in [1.29, 1.82) is 0 Å². The number of halogens is 2. The van der Waals surface area contributed by atoms with Crippen LogP contribution in [0.3, 0.4) is 0 Å². The number of amides is 1. The molecule has 0 aliphatic carbocycles. The van der Waals surface area contributed by atoms with Crippen molar-refractivity contribution >= 4 is 34.9 Å². The first-order valence-electron chi connectivity index (χ1n) is 6.99. The average molecular weight is 346 g/mol. The van der Waals surface area contributed by atoms with Crippen LogP contribution >= 0.6 is 23.2 Å². The second-order valence-electron chi connectivity index (χ2n) is 5.02. The van der Waals surface area contributed by atoms with Crippen LogP contribution in [0.25, 0.3) is 0 Å². The van der Waals surface area contributed by atoms with Crippen molar-refractivity contribution in [2.75, 3.05) is 19.8 Å². The summed E-state index contributed by atoms with van der Waals surface area (Å²) in [6, 6.07) is 3.04. The fourth-order valence-electron chi connectivity index (χ4n) is 2.17. The van der Waals surface area contributed by atoms with Gasteiger partial charge in [0.25, 0.3) is 5.91 Å². The molecule has 0 bridgehead atoms. The van der Waals surface area contributed by atoms with Gasteiger partial charge in [-0.25, -0.2) is 0 Å². The fraction of sp³-hybridized carbons (Fsp3) is 0.467. The van der Waals surface area contributed by atoms with Crippen molar-refractivity contribution in [3.05, 3.63) is 27.7 Å². The largest absolute Gasteiger partial charge is 0.481 e. The Hall–Kier alpha value is -1.30. The third kappa shape index (κ3) is 4.35. The monoisotopic (exact) mass is 345 g/mol. The van der Waals surface area contributed by atoms with Gasteiger partial charge in [0.2, 0.25) is 0 Å². The predicted molar refractivity (Wildman–Crippen MR) is 83.9 cm³/mol. The topological polar surface area (TPSA) is 64.6 Å². The first-order chi connectivity index (χ1) is 10.5. The first kappa shape index (κ1) is 17.1. The Morgan fingerprint density at radius 1 is 1.41 bits per heavy atom. The Kier molecular flexibility index (Phi) is 6.06. The lowest BCUT2D eigenvalue weighted by atomic mass is 10.1. The van der Waals surface area contributed by atoms with Crippen LogP contribution in [-0.2, 0) is 9.53 Å². The van der Waals surface area contributed by atoms with Crippen LogP contribution in [0.1, 0.15) is 30.1 Å². The molecule has 5 nitrogen and oxygen atoms in total. The van der Waals surface area contributed by atoms with Gasteiger partial charge >= 0.3 is 0 Å². The van der Waals surface area contributed by atoms with Crippen LogP contribution in [0.4, 0.5) is 0 Å². The maximum absolute atomic E-state index is 11.8. The van der Waals surface area contributed by atoms with E-state index in [9.17, 15) is 9.59 Å². The number of carbonyl (C=O) groups is 2. The number of Topliss-reactive ketones (excluding diaryl/α,β-unsaturated/α-hetero) is 1. The zero-order valence-corrected chi connectivity index (χ0v) is 13.7. The number of nitrogens with one attached hydrogen (secondary N) is 1. The van der Waals surface area contributed by atoms with E-state index in [1.54, 1.807) is 0 Å². The van der Waals surface area contributed by atoms with E-state index < -0.39 is 0 Å². The van der Waals surface area contributed by atoms with Gasteiger partial charge in [-0.15, -0.1) is 0 Å². The van der Waals surface area contributed by atoms with E-state index in [4.69, 9.17) is 32.7 Å². The van der Waals surface area contributed by atoms with Crippen LogP contribution in [0, 0.1) is 0 Å². The summed E-state index contributed by atoms with van der Waals surface area (Å²) in [7, 11) is 0. The Labute approximate surface area is 138 Å². The van der Waals surface area contributed by atoms with Crippen LogP contribution in [0.15, 0.2) is 12.1 Å². The van der Waals surface area contributed by atoms with Crippen LogP contribution < -0.4 is 10.1 Å². The Morgan fingerprint density at radius 3 is 2.82 bits per heavy atom. The van der Waals surface area contributed by atoms with Gasteiger partial charge in [0.05, 0.1) is 16.7 Å². The Bertz CT molecular complexity index is 571. The lowest BCUT2D eigenvalue weighted by molar-refractivity contribution is -0.123. The molecule has 7 heteroatoms. The predicted octanol–water partition coefficient (Wildman–Crippen LogP) is 2.87. The maximum Gasteiger partial charge on any atom is 0.258 e. The molecule has 0 spiro atoms. The van der Waals surface area contributed by atoms with Crippen molar-refractivity contribution in [3.8, 4) is 5.75 Å². The minimum absolute atomic E-state index is 0.0616. The third-order valence-electron chi connectivity index (χ3n) is 3.33. The number of ether oxygens (including phenoxy) is 2. The maximum atomic E-state index is 11.8. The molecule has 1 aliphatic rings. The highest BCUT2D eigenvalue weighted by molar-refractivity contribution is 6.43. The highest BCUT2D eigenvalue weighted by Gasteiger charge is 2.18. The summed E-state index contributed by atoms with van der Waals surface area (Å²) < 4.78 is 10.8. The molecule has 22 heavy (non-hydrogen) atoms. The molecule has 1 N–H and O–H groups in total. The van der Waals surface area contributed by atoms with Crippen molar-refractivity contribution in [3.63, 3.8) is 0 Å². The number of ketones is 1. The van der Waals surface area contributed by atoms with Crippen LogP contribution in [-0.4, -0.2) is 37.6 Å². The first-order valence-corrected chi connectivity index (χ1v) is 7.74. The zero-order valence-electron chi connectivity index (χ0n) is 12.2. The second-order valence-corrected chi connectivity index (χ2v) is 5.81. The quantitative estimate of drug-likeness (QED) is 0.805. The minimum Gasteiger partial charge on any atom is -0.481 e. The molecular formula is C15H17Cl2NO4. The summed E-state index contributed by atoms with van der Waals surface area (Å²) >= 11 is 12.0. The van der Waals surface area contributed by atoms with Gasteiger partial charge in [0.15, 0.2) is 18.1 Å². The van der Waals surface area contributed by atoms with Gasteiger partial charge < -0.3 is 14.8 Å². The number of rotatable bonds is 6. The van der Waals surface area contributed by atoms with E-state index in [1.165, 1.54) is 19.1 Å². The standard InChI is InChI=1S/C15H17Cl2NO4/c1-9(19)11-4-5-12(16)14(17)15(11)22-8-13(20)18-7-10-3-2-6-21-10/h4-5,10H,2-3,6-8H2,1H3,(H,18,20)/t10-/m1/s1. The third-order valence-corrected chi connectivity index (χ3v) is 4.11. The second kappa shape index (κ2) is 7.81. The normalized spacial score (nSPS) is 17.3. The van der Waals surface area contributed by atoms with Gasteiger partial charge in [-0.2, -0.15) is 0 Å². The number of hydrogen-bond acceptors (Lipinski definition) is 4. The van der Waals surface area contributed by atoms with Gasteiger partial charge in [0, 0.05) is 13.2 Å². The molecule has 1 amide bonds. The van der Waals surface area contributed by atoms with Gasteiger partial charge in [-0.3, -0.25) is 9.59 Å². The summed E-state index contributed by atoms with van der Waals surface area (Å²) in [5.74, 6) is -0.386. The fourth-order valence-corrected chi connectivity index (χ4v) is 2.54. The molecule has 0 aromatic heterocycles. The summed E-state index contributed by atoms with van der Waals surface area (Å²) in [5.41, 5.74) is 0.293. The average Bonchev–Trinajstić information content (AvgIpc) is 2.99. The molecular weight excluding hydrogens is 329 g/mol. The van der Waals surface area contributed by atoms with Crippen molar-refractivity contribution in [1.82, 2.24) is 5.32 Å². The smallest absolute Gasteiger partial charge is 0.258 e. The molecule has 1 aliphatic heterocycles. The van der Waals surface area contributed by atoms with E-state index in [1.807, 2.05) is 0 Å². The molecule has 1 saturated heterocycles. The van der Waals surface area contributed by atoms with E-state index in [2.05, 4.69) is 5.32 Å². The van der Waals surface area contributed by atoms with E-state index in [0.29, 0.717) is 12.1 Å². The van der Waals surface area contributed by atoms with Crippen molar-refractivity contribution in [2.45, 2.75) is 25.9 Å². The van der Waals surface area contributed by atoms with E-state index in [0.717, 1.165) is 19.4 Å². The summed E-state index contributed by atoms with van der Waals surface area (Å²) in [6.45, 7) is 2.33. The highest BCUT2D eigenvalue weighted by Crippen LogP contribution is 2.35. The van der Waals surface area contributed by atoms with Crippen LogP contribution in [0.5, 0.6) is 5.75 Å². The van der Waals surface area contributed by atoms with E-state index >= 15 is 0 Å². The Morgan fingerprint density at radius 2 is 2.18 bits per heavy atom. The SMILES string of the molecule is CC(=O)c1ccc(Cl)c(Cl)c1OCC(=O)NC[C@H]1CCCO1. The molecule has 1 fully saturated rings. The molecule has 1 atom stereocenters. The molecule has 120 valence electrons.